The maximum atomic E-state index is 13.1. The third-order valence-corrected chi connectivity index (χ3v) is 7.35. The molecule has 0 N–H and O–H groups in total. The molecule has 206 valence electrons. The van der Waals surface area contributed by atoms with E-state index in [0.29, 0.717) is 20.1 Å². The van der Waals surface area contributed by atoms with E-state index in [-0.39, 0.29) is 23.6 Å². The zero-order valence-electron chi connectivity index (χ0n) is 21.5. The zero-order valence-corrected chi connectivity index (χ0v) is 24.5. The van der Waals surface area contributed by atoms with Crippen LogP contribution < -0.4 is 9.47 Å². The Morgan fingerprint density at radius 2 is 1.44 bits per heavy atom. The summed E-state index contributed by atoms with van der Waals surface area (Å²) >= 11 is 24.8. The second-order valence-electron chi connectivity index (χ2n) is 8.78. The predicted octanol–water partition coefficient (Wildman–Crippen LogP) is 7.60. The van der Waals surface area contributed by atoms with Crippen LogP contribution in [0.5, 0.6) is 11.5 Å². The quantitative estimate of drug-likeness (QED) is 0.172. The van der Waals surface area contributed by atoms with Gasteiger partial charge in [-0.3, -0.25) is 14.4 Å². The third kappa shape index (κ3) is 7.63. The summed E-state index contributed by atoms with van der Waals surface area (Å²) in [4.78, 5) is 41.8. The first kappa shape index (κ1) is 30.7. The summed E-state index contributed by atoms with van der Waals surface area (Å²) in [5.41, 5.74) is 1.35. The van der Waals surface area contributed by atoms with Gasteiger partial charge in [0.15, 0.2) is 17.2 Å². The van der Waals surface area contributed by atoms with Gasteiger partial charge in [-0.15, -0.1) is 0 Å². The molecule has 0 radical (unpaired) electrons. The van der Waals surface area contributed by atoms with Gasteiger partial charge in [0, 0.05) is 31.5 Å². The van der Waals surface area contributed by atoms with E-state index in [1.165, 1.54) is 26.3 Å². The number of halogens is 4. The highest BCUT2D eigenvalue weighted by atomic mass is 35.5. The number of hydrogen-bond donors (Lipinski definition) is 0. The molecule has 0 aliphatic heterocycles. The molecule has 7 nitrogen and oxygen atoms in total. The maximum absolute atomic E-state index is 13.1. The smallest absolute Gasteiger partial charge is 0.309 e. The highest BCUT2D eigenvalue weighted by molar-refractivity contribution is 6.42. The molecule has 0 saturated heterocycles. The Hall–Kier alpha value is -2.84. The van der Waals surface area contributed by atoms with E-state index in [2.05, 4.69) is 4.98 Å². The van der Waals surface area contributed by atoms with Crippen LogP contribution in [0.15, 0.2) is 48.7 Å². The van der Waals surface area contributed by atoms with Gasteiger partial charge in [-0.1, -0.05) is 65.5 Å². The molecule has 0 aliphatic carbocycles. The number of carbonyl (C=O) groups is 3. The van der Waals surface area contributed by atoms with Gasteiger partial charge < -0.3 is 14.2 Å². The average Bonchev–Trinajstić information content (AvgIpc) is 2.88. The van der Waals surface area contributed by atoms with E-state index in [9.17, 15) is 14.4 Å². The van der Waals surface area contributed by atoms with Crippen LogP contribution in [0.2, 0.25) is 20.1 Å². The first-order chi connectivity index (χ1) is 18.4. The third-order valence-electron chi connectivity index (χ3n) is 5.87. The van der Waals surface area contributed by atoms with Gasteiger partial charge in [0.05, 0.1) is 33.1 Å². The SMILES string of the molecule is COc1ccnc(C(=O)C[C@@H](C)C(=O)O[C@@H](C)C(c2ccc(Cl)c(Cl)c2)c2ccc(Cl)c(Cl)c2)c1OC(C)=O. The fraction of sp³-hybridized carbons (Fsp3) is 0.286. The van der Waals surface area contributed by atoms with Crippen LogP contribution in [0.4, 0.5) is 0 Å². The maximum Gasteiger partial charge on any atom is 0.309 e. The molecule has 0 aliphatic rings. The number of rotatable bonds is 10. The highest BCUT2D eigenvalue weighted by Gasteiger charge is 2.30. The van der Waals surface area contributed by atoms with Gasteiger partial charge in [-0.05, 0) is 42.3 Å². The van der Waals surface area contributed by atoms with Crippen molar-refractivity contribution in [1.82, 2.24) is 4.98 Å². The Balaban J connectivity index is 1.84. The number of benzene rings is 2. The molecule has 0 bridgehead atoms. The van der Waals surface area contributed by atoms with Crippen molar-refractivity contribution in [3.05, 3.63) is 85.6 Å². The molecule has 0 spiro atoms. The van der Waals surface area contributed by atoms with E-state index >= 15 is 0 Å². The Bertz CT molecular complexity index is 1340. The van der Waals surface area contributed by atoms with Gasteiger partial charge in [0.25, 0.3) is 0 Å². The van der Waals surface area contributed by atoms with E-state index < -0.39 is 35.7 Å². The van der Waals surface area contributed by atoms with E-state index in [0.717, 1.165) is 11.1 Å². The molecule has 11 heteroatoms. The van der Waals surface area contributed by atoms with Gasteiger partial charge in [0.2, 0.25) is 5.75 Å². The molecule has 0 fully saturated rings. The first-order valence-corrected chi connectivity index (χ1v) is 13.3. The van der Waals surface area contributed by atoms with Crippen molar-refractivity contribution in [2.75, 3.05) is 7.11 Å². The largest absolute Gasteiger partial charge is 0.493 e. The van der Waals surface area contributed by atoms with E-state index in [1.807, 2.05) is 0 Å². The summed E-state index contributed by atoms with van der Waals surface area (Å²) < 4.78 is 16.2. The van der Waals surface area contributed by atoms with Crippen LogP contribution in [-0.4, -0.2) is 35.9 Å². The minimum Gasteiger partial charge on any atom is -0.493 e. The topological polar surface area (TPSA) is 91.8 Å². The Kier molecular flexibility index (Phi) is 10.6. The van der Waals surface area contributed by atoms with Crippen molar-refractivity contribution < 1.29 is 28.6 Å². The molecule has 1 heterocycles. The molecule has 3 rings (SSSR count). The van der Waals surface area contributed by atoms with Gasteiger partial charge in [-0.2, -0.15) is 0 Å². The molecule has 1 aromatic heterocycles. The second kappa shape index (κ2) is 13.5. The van der Waals surface area contributed by atoms with Crippen molar-refractivity contribution in [2.24, 2.45) is 5.92 Å². The average molecular weight is 613 g/mol. The van der Waals surface area contributed by atoms with E-state index in [1.54, 1.807) is 50.2 Å². The van der Waals surface area contributed by atoms with Crippen LogP contribution in [-0.2, 0) is 14.3 Å². The Labute approximate surface area is 246 Å². The molecule has 2 aromatic carbocycles. The fourth-order valence-electron chi connectivity index (χ4n) is 4.00. The van der Waals surface area contributed by atoms with Crippen molar-refractivity contribution in [3.8, 4) is 11.5 Å². The zero-order chi connectivity index (χ0) is 28.9. The summed E-state index contributed by atoms with van der Waals surface area (Å²) in [6, 6.07) is 11.7. The number of nitrogens with zero attached hydrogens (tertiary/aromatic N) is 1. The van der Waals surface area contributed by atoms with Crippen LogP contribution in [0.1, 0.15) is 54.7 Å². The number of methoxy groups -OCH3 is 1. The van der Waals surface area contributed by atoms with Crippen molar-refractivity contribution >= 4 is 64.1 Å². The van der Waals surface area contributed by atoms with Gasteiger partial charge in [-0.25, -0.2) is 4.98 Å². The van der Waals surface area contributed by atoms with Crippen LogP contribution >= 0.6 is 46.4 Å². The lowest BCUT2D eigenvalue weighted by Gasteiger charge is -2.27. The molecule has 0 amide bonds. The Morgan fingerprint density at radius 3 is 1.92 bits per heavy atom. The first-order valence-electron chi connectivity index (χ1n) is 11.8. The van der Waals surface area contributed by atoms with E-state index in [4.69, 9.17) is 60.6 Å². The van der Waals surface area contributed by atoms with Crippen molar-refractivity contribution in [1.29, 1.82) is 0 Å². The summed E-state index contributed by atoms with van der Waals surface area (Å²) in [5.74, 6) is -3.04. The minimum atomic E-state index is -0.846. The summed E-state index contributed by atoms with van der Waals surface area (Å²) in [5, 5.41) is 1.44. The van der Waals surface area contributed by atoms with Crippen LogP contribution in [0, 0.1) is 5.92 Å². The molecule has 0 unspecified atom stereocenters. The lowest BCUT2D eigenvalue weighted by molar-refractivity contribution is -0.153. The minimum absolute atomic E-state index is 0.106. The monoisotopic (exact) mass is 611 g/mol. The number of ether oxygens (including phenoxy) is 3. The summed E-state index contributed by atoms with van der Waals surface area (Å²) in [6.45, 7) is 4.48. The summed E-state index contributed by atoms with van der Waals surface area (Å²) in [6.07, 6.45) is 0.407. The molecule has 0 saturated carbocycles. The number of aromatic nitrogens is 1. The van der Waals surface area contributed by atoms with Gasteiger partial charge in [0.1, 0.15) is 6.10 Å². The van der Waals surface area contributed by atoms with Crippen LogP contribution in [0.3, 0.4) is 0 Å². The molecular formula is C28H25Cl4NO6. The Morgan fingerprint density at radius 1 is 0.872 bits per heavy atom. The molecule has 3 aromatic rings. The second-order valence-corrected chi connectivity index (χ2v) is 10.4. The van der Waals surface area contributed by atoms with Gasteiger partial charge >= 0.3 is 11.9 Å². The van der Waals surface area contributed by atoms with Crippen LogP contribution in [0.25, 0.3) is 0 Å². The summed E-state index contributed by atoms with van der Waals surface area (Å²) in [7, 11) is 1.37. The lowest BCUT2D eigenvalue weighted by Crippen LogP contribution is -2.28. The predicted molar refractivity (Wildman–Crippen MR) is 151 cm³/mol. The number of hydrogen-bond acceptors (Lipinski definition) is 7. The standard InChI is InChI=1S/C28H25Cl4NO6/c1-14(11-23(35)26-27(39-16(3)34)24(37-4)9-10-33-26)28(36)38-15(2)25(17-5-7-19(29)21(31)12-17)18-6-8-20(30)22(32)13-18/h5-10,12-15,25H,11H2,1-4H3/t14-,15+/m1/s1. The normalized spacial score (nSPS) is 12.5. The fourth-order valence-corrected chi connectivity index (χ4v) is 4.62. The molecular weight excluding hydrogens is 588 g/mol. The number of pyridine rings is 1. The lowest BCUT2D eigenvalue weighted by atomic mass is 9.87. The molecule has 39 heavy (non-hydrogen) atoms. The highest BCUT2D eigenvalue weighted by Crippen LogP contribution is 2.37. The number of Topliss-reactive ketones (excluding diaryl/α,β-unsaturated/α-hetero) is 1. The number of esters is 2. The number of ketones is 1. The van der Waals surface area contributed by atoms with Crippen molar-refractivity contribution in [3.63, 3.8) is 0 Å². The molecule has 2 atom stereocenters. The number of carbonyl (C=O) groups excluding carboxylic acids is 3. The van der Waals surface area contributed by atoms with Crippen molar-refractivity contribution in [2.45, 2.75) is 39.2 Å².